The van der Waals surface area contributed by atoms with Crippen molar-refractivity contribution in [3.05, 3.63) is 12.2 Å². The molecule has 0 saturated heterocycles. The molecule has 16 heavy (non-hydrogen) atoms. The molecule has 1 N–H and O–H groups in total. The average Bonchev–Trinajstić information content (AvgIpc) is 2.23. The van der Waals surface area contributed by atoms with E-state index in [-0.39, 0.29) is 12.4 Å². The standard InChI is InChI=1S/C11H17ClO4/c12-8-5-9-16-11(15)7-4-2-1-3-6-10(13)14/h1-2H,3-9H2,(H,13,14)/b2-1+. The first kappa shape index (κ1) is 15.0. The number of halogens is 1. The second kappa shape index (κ2) is 10.5. The van der Waals surface area contributed by atoms with Gasteiger partial charge in [0.05, 0.1) is 6.61 Å². The van der Waals surface area contributed by atoms with Gasteiger partial charge in [-0.1, -0.05) is 12.2 Å². The summed E-state index contributed by atoms with van der Waals surface area (Å²) >= 11 is 5.42. The van der Waals surface area contributed by atoms with Crippen LogP contribution in [0.5, 0.6) is 0 Å². The molecule has 0 aromatic carbocycles. The lowest BCUT2D eigenvalue weighted by molar-refractivity contribution is -0.143. The normalized spacial score (nSPS) is 10.6. The van der Waals surface area contributed by atoms with Crippen LogP contribution in [0.1, 0.15) is 32.1 Å². The highest BCUT2D eigenvalue weighted by Gasteiger charge is 1.99. The summed E-state index contributed by atoms with van der Waals surface area (Å²) in [5, 5.41) is 8.36. The van der Waals surface area contributed by atoms with Crippen LogP contribution < -0.4 is 0 Å². The van der Waals surface area contributed by atoms with Crippen molar-refractivity contribution in [2.45, 2.75) is 32.1 Å². The predicted octanol–water partition coefficient (Wildman–Crippen LogP) is 2.36. The number of carbonyl (C=O) groups excluding carboxylic acids is 1. The number of esters is 1. The number of aliphatic carboxylic acids is 1. The molecule has 0 bridgehead atoms. The lowest BCUT2D eigenvalue weighted by Crippen LogP contribution is -2.05. The maximum absolute atomic E-state index is 11.1. The Bertz CT molecular complexity index is 238. The fraction of sp³-hybridized carbons (Fsp3) is 0.636. The Morgan fingerprint density at radius 1 is 1.19 bits per heavy atom. The number of hydrogen-bond acceptors (Lipinski definition) is 3. The molecular formula is C11H17ClO4. The Kier molecular flexibility index (Phi) is 9.81. The van der Waals surface area contributed by atoms with Crippen molar-refractivity contribution in [3.63, 3.8) is 0 Å². The molecule has 0 aliphatic carbocycles. The second-order valence-corrected chi connectivity index (χ2v) is 3.58. The van der Waals surface area contributed by atoms with Crippen LogP contribution in [0.25, 0.3) is 0 Å². The van der Waals surface area contributed by atoms with Crippen LogP contribution in [-0.2, 0) is 14.3 Å². The summed E-state index contributed by atoms with van der Waals surface area (Å²) in [6.07, 6.45) is 5.76. The van der Waals surface area contributed by atoms with Crippen LogP contribution >= 0.6 is 11.6 Å². The maximum Gasteiger partial charge on any atom is 0.306 e. The molecule has 0 radical (unpaired) electrons. The third-order valence-electron chi connectivity index (χ3n) is 1.75. The molecule has 0 fully saturated rings. The van der Waals surface area contributed by atoms with Gasteiger partial charge in [0.25, 0.3) is 0 Å². The predicted molar refractivity (Wildman–Crippen MR) is 61.5 cm³/mol. The lowest BCUT2D eigenvalue weighted by atomic mass is 10.2. The zero-order valence-electron chi connectivity index (χ0n) is 9.15. The van der Waals surface area contributed by atoms with Gasteiger partial charge in [-0.05, 0) is 19.3 Å². The Hall–Kier alpha value is -1.03. The molecule has 0 amide bonds. The third-order valence-corrected chi connectivity index (χ3v) is 2.01. The molecule has 0 aliphatic heterocycles. The lowest BCUT2D eigenvalue weighted by Gasteiger charge is -2.01. The van der Waals surface area contributed by atoms with Crippen molar-refractivity contribution in [1.29, 1.82) is 0 Å². The monoisotopic (exact) mass is 248 g/mol. The molecule has 0 atom stereocenters. The Morgan fingerprint density at radius 2 is 1.81 bits per heavy atom. The number of rotatable bonds is 9. The summed E-state index contributed by atoms with van der Waals surface area (Å²) in [5.41, 5.74) is 0. The number of alkyl halides is 1. The van der Waals surface area contributed by atoms with Gasteiger partial charge in [0, 0.05) is 18.7 Å². The van der Waals surface area contributed by atoms with E-state index in [1.165, 1.54) is 0 Å². The summed E-state index contributed by atoms with van der Waals surface area (Å²) in [6, 6.07) is 0. The zero-order valence-corrected chi connectivity index (χ0v) is 9.91. The number of carboxylic acid groups (broad SMARTS) is 1. The maximum atomic E-state index is 11.1. The highest BCUT2D eigenvalue weighted by atomic mass is 35.5. The molecule has 4 nitrogen and oxygen atoms in total. The van der Waals surface area contributed by atoms with Gasteiger partial charge < -0.3 is 9.84 Å². The first-order chi connectivity index (χ1) is 7.66. The van der Waals surface area contributed by atoms with Gasteiger partial charge in [-0.15, -0.1) is 11.6 Å². The van der Waals surface area contributed by atoms with Crippen LogP contribution in [0.3, 0.4) is 0 Å². The van der Waals surface area contributed by atoms with E-state index in [1.54, 1.807) is 12.2 Å². The van der Waals surface area contributed by atoms with Crippen molar-refractivity contribution in [1.82, 2.24) is 0 Å². The highest BCUT2D eigenvalue weighted by molar-refractivity contribution is 6.17. The smallest absolute Gasteiger partial charge is 0.306 e. The van der Waals surface area contributed by atoms with Crippen molar-refractivity contribution in [3.8, 4) is 0 Å². The minimum atomic E-state index is -0.815. The summed E-state index contributed by atoms with van der Waals surface area (Å²) in [4.78, 5) is 21.2. The highest BCUT2D eigenvalue weighted by Crippen LogP contribution is 1.98. The molecule has 0 spiro atoms. The minimum absolute atomic E-state index is 0.122. The van der Waals surface area contributed by atoms with Gasteiger partial charge >= 0.3 is 11.9 Å². The van der Waals surface area contributed by atoms with Gasteiger partial charge in [0.1, 0.15) is 0 Å². The first-order valence-corrected chi connectivity index (χ1v) is 5.78. The van der Waals surface area contributed by atoms with E-state index < -0.39 is 5.97 Å². The van der Waals surface area contributed by atoms with Gasteiger partial charge in [0.2, 0.25) is 0 Å². The van der Waals surface area contributed by atoms with E-state index >= 15 is 0 Å². The van der Waals surface area contributed by atoms with Crippen molar-refractivity contribution < 1.29 is 19.4 Å². The molecular weight excluding hydrogens is 232 g/mol. The van der Waals surface area contributed by atoms with Crippen molar-refractivity contribution in [2.75, 3.05) is 12.5 Å². The average molecular weight is 249 g/mol. The minimum Gasteiger partial charge on any atom is -0.481 e. The van der Waals surface area contributed by atoms with Gasteiger partial charge in [-0.2, -0.15) is 0 Å². The Labute approximate surface area is 100 Å². The number of carbonyl (C=O) groups is 2. The summed E-state index contributed by atoms with van der Waals surface area (Å²) in [6.45, 7) is 0.366. The van der Waals surface area contributed by atoms with Crippen LogP contribution in [0.4, 0.5) is 0 Å². The van der Waals surface area contributed by atoms with E-state index in [2.05, 4.69) is 0 Å². The molecule has 0 heterocycles. The molecule has 0 rings (SSSR count). The van der Waals surface area contributed by atoms with Gasteiger partial charge in [-0.3, -0.25) is 9.59 Å². The van der Waals surface area contributed by atoms with E-state index in [0.717, 1.165) is 0 Å². The molecule has 5 heteroatoms. The van der Waals surface area contributed by atoms with E-state index in [4.69, 9.17) is 21.4 Å². The number of ether oxygens (including phenoxy) is 1. The first-order valence-electron chi connectivity index (χ1n) is 5.25. The van der Waals surface area contributed by atoms with Crippen LogP contribution in [0, 0.1) is 0 Å². The topological polar surface area (TPSA) is 63.6 Å². The molecule has 92 valence electrons. The van der Waals surface area contributed by atoms with Crippen molar-refractivity contribution >= 4 is 23.5 Å². The largest absolute Gasteiger partial charge is 0.481 e. The zero-order chi connectivity index (χ0) is 12.2. The van der Waals surface area contributed by atoms with Crippen LogP contribution in [0.2, 0.25) is 0 Å². The fourth-order valence-corrected chi connectivity index (χ4v) is 1.07. The number of allylic oxidation sites excluding steroid dienone is 2. The van der Waals surface area contributed by atoms with Gasteiger partial charge in [-0.25, -0.2) is 0 Å². The van der Waals surface area contributed by atoms with Crippen LogP contribution in [-0.4, -0.2) is 29.5 Å². The van der Waals surface area contributed by atoms with E-state index in [1.807, 2.05) is 0 Å². The summed E-state index contributed by atoms with van der Waals surface area (Å²) < 4.78 is 4.88. The summed E-state index contributed by atoms with van der Waals surface area (Å²) in [7, 11) is 0. The molecule has 0 aromatic rings. The second-order valence-electron chi connectivity index (χ2n) is 3.21. The Morgan fingerprint density at radius 3 is 2.38 bits per heavy atom. The van der Waals surface area contributed by atoms with E-state index in [0.29, 0.717) is 38.2 Å². The number of hydrogen-bond donors (Lipinski definition) is 1. The third kappa shape index (κ3) is 11.0. The fourth-order valence-electron chi connectivity index (χ4n) is 0.956. The Balaban J connectivity index is 3.36. The molecule has 0 saturated carbocycles. The molecule has 0 aromatic heterocycles. The van der Waals surface area contributed by atoms with E-state index in [9.17, 15) is 9.59 Å². The number of carboxylic acids is 1. The molecule has 0 aliphatic rings. The summed E-state index contributed by atoms with van der Waals surface area (Å²) in [5.74, 6) is -0.569. The van der Waals surface area contributed by atoms with Crippen LogP contribution in [0.15, 0.2) is 12.2 Å². The van der Waals surface area contributed by atoms with Crippen molar-refractivity contribution in [2.24, 2.45) is 0 Å². The quantitative estimate of drug-likeness (QED) is 0.294. The van der Waals surface area contributed by atoms with Gasteiger partial charge in [0.15, 0.2) is 0 Å². The molecule has 0 unspecified atom stereocenters. The SMILES string of the molecule is O=C(O)CC/C=C/CCC(=O)OCCCCl.